The number of aliphatic hydroxyl groups is 5. The molecule has 1 aliphatic rings. The van der Waals surface area contributed by atoms with Crippen molar-refractivity contribution in [1.82, 2.24) is 0 Å². The first-order chi connectivity index (χ1) is 28.4. The Balaban J connectivity index is 2.51. The Morgan fingerprint density at radius 1 is 0.542 bits per heavy atom. The Labute approximate surface area is 353 Å². The van der Waals surface area contributed by atoms with Crippen molar-refractivity contribution in [3.63, 3.8) is 0 Å². The summed E-state index contributed by atoms with van der Waals surface area (Å²) >= 11 is 0. The van der Waals surface area contributed by atoms with Gasteiger partial charge in [0.2, 0.25) is 0 Å². The van der Waals surface area contributed by atoms with Crippen LogP contribution in [-0.4, -0.2) is 98.3 Å². The van der Waals surface area contributed by atoms with Crippen LogP contribution >= 0.6 is 7.82 Å². The van der Waals surface area contributed by atoms with Crippen LogP contribution in [-0.2, 0) is 32.7 Å². The number of ether oxygens (including phenoxy) is 2. The van der Waals surface area contributed by atoms with Crippen LogP contribution in [0.25, 0.3) is 0 Å². The van der Waals surface area contributed by atoms with Gasteiger partial charge in [-0.05, 0) is 57.8 Å². The Morgan fingerprint density at radius 2 is 0.983 bits per heavy atom. The first kappa shape index (κ1) is 54.6. The highest BCUT2D eigenvalue weighted by molar-refractivity contribution is 7.47. The fourth-order valence-corrected chi connectivity index (χ4v) is 7.32. The number of phosphoric ester groups is 1. The van der Waals surface area contributed by atoms with E-state index in [-0.39, 0.29) is 12.8 Å². The van der Waals surface area contributed by atoms with E-state index in [0.717, 1.165) is 64.2 Å². The normalized spacial score (nSPS) is 22.9. The number of esters is 2. The highest BCUT2D eigenvalue weighted by Gasteiger charge is 2.51. The summed E-state index contributed by atoms with van der Waals surface area (Å²) in [4.78, 5) is 35.6. The number of phosphoric acid groups is 1. The second-order valence-electron chi connectivity index (χ2n) is 15.3. The lowest BCUT2D eigenvalue weighted by Crippen LogP contribution is -2.64. The van der Waals surface area contributed by atoms with Crippen LogP contribution in [0.5, 0.6) is 0 Å². The summed E-state index contributed by atoms with van der Waals surface area (Å²) in [5, 5.41) is 50.1. The molecule has 13 nitrogen and oxygen atoms in total. The van der Waals surface area contributed by atoms with Crippen LogP contribution in [0.2, 0.25) is 0 Å². The molecule has 0 heterocycles. The molecular weight excluding hydrogens is 779 g/mol. The Morgan fingerprint density at radius 3 is 1.54 bits per heavy atom. The molecule has 8 atom stereocenters. The molecule has 340 valence electrons. The largest absolute Gasteiger partial charge is 0.472 e. The molecule has 0 aromatic carbocycles. The molecule has 0 amide bonds. The second-order valence-corrected chi connectivity index (χ2v) is 16.7. The summed E-state index contributed by atoms with van der Waals surface area (Å²) in [6.07, 6.45) is 28.5. The van der Waals surface area contributed by atoms with Gasteiger partial charge in [-0.25, -0.2) is 4.57 Å². The molecule has 0 aromatic rings. The summed E-state index contributed by atoms with van der Waals surface area (Å²) in [7, 11) is -5.13. The van der Waals surface area contributed by atoms with E-state index in [2.05, 4.69) is 38.2 Å². The quantitative estimate of drug-likeness (QED) is 0.0117. The van der Waals surface area contributed by atoms with Crippen molar-refractivity contribution in [2.45, 2.75) is 198 Å². The van der Waals surface area contributed by atoms with Crippen LogP contribution < -0.4 is 0 Å². The Hall–Kier alpha value is -2.45. The van der Waals surface area contributed by atoms with E-state index in [9.17, 15) is 44.6 Å². The minimum Gasteiger partial charge on any atom is -0.462 e. The number of hydrogen-bond donors (Lipinski definition) is 6. The van der Waals surface area contributed by atoms with Crippen molar-refractivity contribution in [3.05, 3.63) is 60.8 Å². The van der Waals surface area contributed by atoms with Crippen molar-refractivity contribution in [2.24, 2.45) is 0 Å². The molecule has 0 spiro atoms. The first-order valence-corrected chi connectivity index (χ1v) is 23.6. The van der Waals surface area contributed by atoms with E-state index in [1.807, 2.05) is 36.5 Å². The molecule has 6 unspecified atom stereocenters. The minimum atomic E-state index is -5.13. The van der Waals surface area contributed by atoms with Gasteiger partial charge in [-0.15, -0.1) is 0 Å². The smallest absolute Gasteiger partial charge is 0.462 e. The predicted molar refractivity (Wildman–Crippen MR) is 230 cm³/mol. The zero-order valence-corrected chi connectivity index (χ0v) is 36.7. The third-order valence-corrected chi connectivity index (χ3v) is 10.9. The second kappa shape index (κ2) is 35.2. The molecule has 0 radical (unpaired) electrons. The Kier molecular flexibility index (Phi) is 32.5. The van der Waals surface area contributed by atoms with Crippen LogP contribution in [0.1, 0.15) is 155 Å². The van der Waals surface area contributed by atoms with Crippen molar-refractivity contribution in [3.8, 4) is 0 Å². The molecule has 0 bridgehead atoms. The first-order valence-electron chi connectivity index (χ1n) is 22.1. The van der Waals surface area contributed by atoms with Crippen molar-refractivity contribution < 1.29 is 63.1 Å². The summed E-state index contributed by atoms with van der Waals surface area (Å²) in [5.41, 5.74) is 0. The lowest BCUT2D eigenvalue weighted by atomic mass is 9.85. The summed E-state index contributed by atoms with van der Waals surface area (Å²) in [6.45, 7) is 3.11. The number of unbranched alkanes of at least 4 members (excludes halogenated alkanes) is 16. The fourth-order valence-electron chi connectivity index (χ4n) is 6.35. The number of allylic oxidation sites excluding steroid dienone is 10. The molecule has 0 aliphatic heterocycles. The molecule has 1 saturated carbocycles. The SMILES string of the molecule is CC/C=C/C=C/C=C/C=C/CCCCCCCC(=O)OC[C@H](COP(=O)(O)OC1C(O)C(O)C(O)[C@@H](O)C1O)OC(=O)CCCCC/C=C/CCCCCCCCCC. The van der Waals surface area contributed by atoms with E-state index in [0.29, 0.717) is 12.8 Å². The van der Waals surface area contributed by atoms with Gasteiger partial charge in [0.05, 0.1) is 6.61 Å². The van der Waals surface area contributed by atoms with Gasteiger partial charge in [0.1, 0.15) is 43.2 Å². The number of carbonyl (C=O) groups excluding carboxylic acids is 2. The topological polar surface area (TPSA) is 210 Å². The standard InChI is InChI=1S/C45H77O13P/c1-3-5-7-9-11-13-15-17-19-21-23-25-27-29-31-33-38(46)55-35-37(36-56-59(53,54)58-45-43(51)41(49)40(48)42(50)44(45)52)57-39(47)34-32-30-28-26-24-22-20-18-16-14-12-10-8-6-4-2/h5,7,9,11,13,15,17,19,22,24,37,40-45,48-52H,3-4,6,8,10,12,14,16,18,20-21,23,25-36H2,1-2H3,(H,53,54)/b7-5+,11-9+,15-13+,19-17+,24-22+/t37-,40?,41-,42?,43?,44?,45?/m1/s1. The predicted octanol–water partition coefficient (Wildman–Crippen LogP) is 8.16. The van der Waals surface area contributed by atoms with E-state index in [1.54, 1.807) is 0 Å². The molecule has 1 fully saturated rings. The molecule has 59 heavy (non-hydrogen) atoms. The molecule has 14 heteroatoms. The van der Waals surface area contributed by atoms with E-state index >= 15 is 0 Å². The third-order valence-electron chi connectivity index (χ3n) is 9.94. The van der Waals surface area contributed by atoms with Gasteiger partial charge in [-0.1, -0.05) is 145 Å². The molecule has 1 rings (SSSR count). The summed E-state index contributed by atoms with van der Waals surface area (Å²) in [6, 6.07) is 0. The van der Waals surface area contributed by atoms with Crippen LogP contribution in [0.4, 0.5) is 0 Å². The fraction of sp³-hybridized carbons (Fsp3) is 0.733. The molecule has 6 N–H and O–H groups in total. The average Bonchev–Trinajstić information content (AvgIpc) is 3.21. The number of carbonyl (C=O) groups is 2. The van der Waals surface area contributed by atoms with Gasteiger partial charge in [0.15, 0.2) is 6.10 Å². The number of rotatable bonds is 35. The Bertz CT molecular complexity index is 1270. The molecule has 1 aliphatic carbocycles. The van der Waals surface area contributed by atoms with Crippen LogP contribution in [0.15, 0.2) is 60.8 Å². The van der Waals surface area contributed by atoms with Gasteiger partial charge in [0, 0.05) is 12.8 Å². The highest BCUT2D eigenvalue weighted by atomic mass is 31.2. The van der Waals surface area contributed by atoms with E-state index in [1.165, 1.54) is 51.4 Å². The lowest BCUT2D eigenvalue weighted by molar-refractivity contribution is -0.220. The number of aliphatic hydroxyl groups excluding tert-OH is 5. The van der Waals surface area contributed by atoms with Crippen LogP contribution in [0.3, 0.4) is 0 Å². The molecule has 0 saturated heterocycles. The summed E-state index contributed by atoms with van der Waals surface area (Å²) < 4.78 is 33.4. The maximum atomic E-state index is 12.8. The summed E-state index contributed by atoms with van der Waals surface area (Å²) in [5.74, 6) is -1.15. The van der Waals surface area contributed by atoms with E-state index in [4.69, 9.17) is 18.5 Å². The molecular formula is C45H77O13P. The van der Waals surface area contributed by atoms with Gasteiger partial charge in [-0.3, -0.25) is 18.6 Å². The van der Waals surface area contributed by atoms with Gasteiger partial charge in [-0.2, -0.15) is 0 Å². The van der Waals surface area contributed by atoms with Gasteiger partial charge >= 0.3 is 19.8 Å². The van der Waals surface area contributed by atoms with Gasteiger partial charge < -0.3 is 39.9 Å². The molecule has 0 aromatic heterocycles. The highest BCUT2D eigenvalue weighted by Crippen LogP contribution is 2.47. The third kappa shape index (κ3) is 27.9. The monoisotopic (exact) mass is 857 g/mol. The van der Waals surface area contributed by atoms with Crippen molar-refractivity contribution >= 4 is 19.8 Å². The average molecular weight is 857 g/mol. The van der Waals surface area contributed by atoms with E-state index < -0.39 is 75.7 Å². The zero-order valence-electron chi connectivity index (χ0n) is 35.8. The van der Waals surface area contributed by atoms with Crippen molar-refractivity contribution in [2.75, 3.05) is 13.2 Å². The van der Waals surface area contributed by atoms with Crippen molar-refractivity contribution in [1.29, 1.82) is 0 Å². The minimum absolute atomic E-state index is 0.0685. The maximum absolute atomic E-state index is 12.8. The maximum Gasteiger partial charge on any atom is 0.472 e. The number of hydrogen-bond acceptors (Lipinski definition) is 12. The van der Waals surface area contributed by atoms with Gasteiger partial charge in [0.25, 0.3) is 0 Å². The lowest BCUT2D eigenvalue weighted by Gasteiger charge is -2.41. The van der Waals surface area contributed by atoms with Crippen LogP contribution in [0, 0.1) is 0 Å². The zero-order chi connectivity index (χ0) is 43.6.